The molecule has 4 nitrogen and oxygen atoms in total. The SMILES string of the molecule is CCCC(C)Nc1nc2cccc(CCO)c2c(CC)c1N. The molecular weight excluding hydrogens is 274 g/mol. The maximum atomic E-state index is 9.28. The third kappa shape index (κ3) is 3.33. The molecule has 0 saturated carbocycles. The Morgan fingerprint density at radius 3 is 2.73 bits per heavy atom. The predicted molar refractivity (Wildman–Crippen MR) is 94.3 cm³/mol. The molecule has 1 atom stereocenters. The molecule has 0 saturated heterocycles. The third-order valence-corrected chi connectivity index (χ3v) is 4.08. The number of benzene rings is 1. The number of aliphatic hydroxyl groups is 1. The summed E-state index contributed by atoms with van der Waals surface area (Å²) < 4.78 is 0. The number of hydrogen-bond donors (Lipinski definition) is 3. The molecule has 0 aliphatic carbocycles. The summed E-state index contributed by atoms with van der Waals surface area (Å²) in [5, 5.41) is 13.8. The zero-order valence-electron chi connectivity index (χ0n) is 13.8. The lowest BCUT2D eigenvalue weighted by Gasteiger charge is -2.19. The quantitative estimate of drug-likeness (QED) is 0.732. The number of nitrogens with zero attached hydrogens (tertiary/aromatic N) is 1. The molecular formula is C18H27N3O. The van der Waals surface area contributed by atoms with Crippen LogP contribution in [-0.4, -0.2) is 22.7 Å². The number of fused-ring (bicyclic) bond motifs is 1. The van der Waals surface area contributed by atoms with Gasteiger partial charge in [-0.1, -0.05) is 32.4 Å². The van der Waals surface area contributed by atoms with E-state index in [1.54, 1.807) is 0 Å². The third-order valence-electron chi connectivity index (χ3n) is 4.08. The molecule has 2 rings (SSSR count). The van der Waals surface area contributed by atoms with E-state index in [9.17, 15) is 5.11 Å². The van der Waals surface area contributed by atoms with Gasteiger partial charge in [-0.2, -0.15) is 0 Å². The highest BCUT2D eigenvalue weighted by atomic mass is 16.2. The maximum absolute atomic E-state index is 9.28. The van der Waals surface area contributed by atoms with Gasteiger partial charge >= 0.3 is 0 Å². The highest BCUT2D eigenvalue weighted by Gasteiger charge is 2.15. The largest absolute Gasteiger partial charge is 0.396 e. The normalized spacial score (nSPS) is 12.5. The molecule has 4 heteroatoms. The maximum Gasteiger partial charge on any atom is 0.150 e. The van der Waals surface area contributed by atoms with E-state index in [1.807, 2.05) is 18.2 Å². The van der Waals surface area contributed by atoms with Crippen molar-refractivity contribution in [2.24, 2.45) is 0 Å². The van der Waals surface area contributed by atoms with Crippen molar-refractivity contribution in [1.29, 1.82) is 0 Å². The van der Waals surface area contributed by atoms with E-state index in [4.69, 9.17) is 10.7 Å². The van der Waals surface area contributed by atoms with Crippen LogP contribution in [0.3, 0.4) is 0 Å². The summed E-state index contributed by atoms with van der Waals surface area (Å²) in [7, 11) is 0. The zero-order chi connectivity index (χ0) is 16.1. The minimum absolute atomic E-state index is 0.135. The number of rotatable bonds is 7. The van der Waals surface area contributed by atoms with E-state index in [-0.39, 0.29) is 6.61 Å². The number of nitrogens with two attached hydrogens (primary N) is 1. The van der Waals surface area contributed by atoms with Crippen LogP contribution in [0.1, 0.15) is 44.7 Å². The number of aryl methyl sites for hydroxylation is 1. The van der Waals surface area contributed by atoms with Crippen molar-refractivity contribution in [1.82, 2.24) is 4.98 Å². The molecule has 1 heterocycles. The Morgan fingerprint density at radius 2 is 2.09 bits per heavy atom. The number of anilines is 2. The smallest absolute Gasteiger partial charge is 0.150 e. The second-order valence-electron chi connectivity index (χ2n) is 5.83. The van der Waals surface area contributed by atoms with Crippen molar-refractivity contribution in [2.45, 2.75) is 52.5 Å². The first-order valence-electron chi connectivity index (χ1n) is 8.19. The number of aliphatic hydroxyl groups excluding tert-OH is 1. The van der Waals surface area contributed by atoms with Crippen LogP contribution in [0.15, 0.2) is 18.2 Å². The minimum atomic E-state index is 0.135. The molecule has 0 bridgehead atoms. The van der Waals surface area contributed by atoms with Gasteiger partial charge in [-0.3, -0.25) is 0 Å². The fourth-order valence-corrected chi connectivity index (χ4v) is 3.03. The molecule has 0 fully saturated rings. The summed E-state index contributed by atoms with van der Waals surface area (Å²) in [5.41, 5.74) is 10.3. The Morgan fingerprint density at radius 1 is 1.32 bits per heavy atom. The van der Waals surface area contributed by atoms with Gasteiger partial charge < -0.3 is 16.2 Å². The lowest BCUT2D eigenvalue weighted by atomic mass is 9.98. The van der Waals surface area contributed by atoms with Crippen LogP contribution >= 0.6 is 0 Å². The minimum Gasteiger partial charge on any atom is -0.396 e. The Bertz CT molecular complexity index is 640. The Kier molecular flexibility index (Phi) is 5.61. The first-order chi connectivity index (χ1) is 10.6. The first kappa shape index (κ1) is 16.6. The molecule has 1 unspecified atom stereocenters. The highest BCUT2D eigenvalue weighted by Crippen LogP contribution is 2.32. The van der Waals surface area contributed by atoms with Gasteiger partial charge in [0.05, 0.1) is 11.2 Å². The second-order valence-corrected chi connectivity index (χ2v) is 5.83. The summed E-state index contributed by atoms with van der Waals surface area (Å²) in [5.74, 6) is 0.784. The topological polar surface area (TPSA) is 71.2 Å². The summed E-state index contributed by atoms with van der Waals surface area (Å²) >= 11 is 0. The van der Waals surface area contributed by atoms with Crippen LogP contribution in [0.25, 0.3) is 10.9 Å². The van der Waals surface area contributed by atoms with Gasteiger partial charge in [0.1, 0.15) is 5.82 Å². The average Bonchev–Trinajstić information content (AvgIpc) is 2.49. The molecule has 22 heavy (non-hydrogen) atoms. The number of aromatic nitrogens is 1. The van der Waals surface area contributed by atoms with Crippen molar-refractivity contribution in [3.05, 3.63) is 29.3 Å². The van der Waals surface area contributed by atoms with Gasteiger partial charge in [-0.25, -0.2) is 4.98 Å². The van der Waals surface area contributed by atoms with E-state index in [0.29, 0.717) is 12.5 Å². The Balaban J connectivity index is 2.55. The molecule has 2 aromatic rings. The fourth-order valence-electron chi connectivity index (χ4n) is 3.03. The van der Waals surface area contributed by atoms with E-state index in [0.717, 1.165) is 52.8 Å². The first-order valence-corrected chi connectivity index (χ1v) is 8.19. The van der Waals surface area contributed by atoms with Crippen LogP contribution < -0.4 is 11.1 Å². The van der Waals surface area contributed by atoms with Gasteiger partial charge in [-0.05, 0) is 43.4 Å². The molecule has 0 amide bonds. The fraction of sp³-hybridized carbons (Fsp3) is 0.500. The van der Waals surface area contributed by atoms with Crippen LogP contribution in [0.5, 0.6) is 0 Å². The summed E-state index contributed by atoms with van der Waals surface area (Å²) in [4.78, 5) is 4.73. The van der Waals surface area contributed by atoms with Crippen molar-refractivity contribution in [2.75, 3.05) is 17.7 Å². The molecule has 0 aliphatic heterocycles. The summed E-state index contributed by atoms with van der Waals surface area (Å²) in [6.45, 7) is 6.58. The summed E-state index contributed by atoms with van der Waals surface area (Å²) in [6, 6.07) is 6.41. The Hall–Kier alpha value is -1.81. The molecule has 120 valence electrons. The van der Waals surface area contributed by atoms with E-state index >= 15 is 0 Å². The lowest BCUT2D eigenvalue weighted by molar-refractivity contribution is 0.300. The second kappa shape index (κ2) is 7.45. The monoisotopic (exact) mass is 301 g/mol. The molecule has 4 N–H and O–H groups in total. The van der Waals surface area contributed by atoms with Crippen LogP contribution in [0.4, 0.5) is 11.5 Å². The number of pyridine rings is 1. The van der Waals surface area contributed by atoms with Gasteiger partial charge in [0, 0.05) is 18.0 Å². The molecule has 0 radical (unpaired) electrons. The van der Waals surface area contributed by atoms with Crippen molar-refractivity contribution >= 4 is 22.4 Å². The summed E-state index contributed by atoms with van der Waals surface area (Å²) in [6.07, 6.45) is 3.70. The Labute approximate surface area is 132 Å². The number of hydrogen-bond acceptors (Lipinski definition) is 4. The number of nitrogen functional groups attached to an aromatic ring is 1. The average molecular weight is 301 g/mol. The van der Waals surface area contributed by atoms with Gasteiger partial charge in [0.2, 0.25) is 0 Å². The van der Waals surface area contributed by atoms with Crippen LogP contribution in [0, 0.1) is 0 Å². The molecule has 0 aliphatic rings. The van der Waals surface area contributed by atoms with Crippen molar-refractivity contribution in [3.8, 4) is 0 Å². The van der Waals surface area contributed by atoms with E-state index < -0.39 is 0 Å². The zero-order valence-corrected chi connectivity index (χ0v) is 13.8. The standard InChI is InChI=1S/C18H27N3O/c1-4-7-12(3)20-18-17(19)14(5-2)16-13(10-11-22)8-6-9-15(16)21-18/h6,8-9,12,22H,4-5,7,10-11,19H2,1-3H3,(H,20,21). The van der Waals surface area contributed by atoms with E-state index in [2.05, 4.69) is 26.1 Å². The van der Waals surface area contributed by atoms with Crippen LogP contribution in [0.2, 0.25) is 0 Å². The van der Waals surface area contributed by atoms with E-state index in [1.165, 1.54) is 0 Å². The van der Waals surface area contributed by atoms with Gasteiger partial charge in [0.25, 0.3) is 0 Å². The predicted octanol–water partition coefficient (Wildman–Crippen LogP) is 3.51. The van der Waals surface area contributed by atoms with Crippen LogP contribution in [-0.2, 0) is 12.8 Å². The van der Waals surface area contributed by atoms with Gasteiger partial charge in [-0.15, -0.1) is 0 Å². The molecule has 1 aromatic heterocycles. The van der Waals surface area contributed by atoms with Crippen molar-refractivity contribution in [3.63, 3.8) is 0 Å². The van der Waals surface area contributed by atoms with Gasteiger partial charge in [0.15, 0.2) is 0 Å². The van der Waals surface area contributed by atoms with Crippen molar-refractivity contribution < 1.29 is 5.11 Å². The lowest BCUT2D eigenvalue weighted by Crippen LogP contribution is -2.17. The molecule has 0 spiro atoms. The number of nitrogens with one attached hydrogen (secondary N) is 1. The molecule has 1 aromatic carbocycles. The highest BCUT2D eigenvalue weighted by molar-refractivity contribution is 5.93.